The van der Waals surface area contributed by atoms with Crippen LogP contribution in [0.15, 0.2) is 18.2 Å². The van der Waals surface area contributed by atoms with Crippen molar-refractivity contribution in [3.8, 4) is 0 Å². The Balaban J connectivity index is 3.02. The van der Waals surface area contributed by atoms with Crippen LogP contribution >= 0.6 is 0 Å². The summed E-state index contributed by atoms with van der Waals surface area (Å²) in [6, 6.07) is 5.06. The van der Waals surface area contributed by atoms with E-state index in [1.807, 2.05) is 6.07 Å². The minimum absolute atomic E-state index is 0.314. The van der Waals surface area contributed by atoms with E-state index in [0.717, 1.165) is 44.5 Å². The van der Waals surface area contributed by atoms with Gasteiger partial charge in [-0.1, -0.05) is 32.8 Å². The molecule has 2 nitrogen and oxygen atoms in total. The molecule has 1 aromatic carbocycles. The van der Waals surface area contributed by atoms with Gasteiger partial charge in [-0.2, -0.15) is 0 Å². The zero-order valence-corrected chi connectivity index (χ0v) is 12.3. The van der Waals surface area contributed by atoms with Gasteiger partial charge in [-0.3, -0.25) is 0 Å². The highest BCUT2D eigenvalue weighted by Crippen LogP contribution is 2.29. The molecule has 19 heavy (non-hydrogen) atoms. The number of hydrogen-bond acceptors (Lipinski definition) is 2. The van der Waals surface area contributed by atoms with Crippen molar-refractivity contribution in [2.75, 3.05) is 18.0 Å². The summed E-state index contributed by atoms with van der Waals surface area (Å²) in [6.45, 7) is 7.76. The molecule has 1 atom stereocenters. The molecule has 0 radical (unpaired) electrons. The molecular formula is C16H26FNO. The van der Waals surface area contributed by atoms with E-state index in [1.54, 1.807) is 13.0 Å². The molecule has 0 aromatic heterocycles. The highest BCUT2D eigenvalue weighted by molar-refractivity contribution is 5.55. The topological polar surface area (TPSA) is 23.5 Å². The maximum absolute atomic E-state index is 13.9. The second-order valence-electron chi connectivity index (χ2n) is 5.04. The molecule has 108 valence electrons. The van der Waals surface area contributed by atoms with Crippen molar-refractivity contribution in [2.45, 2.75) is 52.6 Å². The van der Waals surface area contributed by atoms with Crippen LogP contribution in [0.25, 0.3) is 0 Å². The fourth-order valence-corrected chi connectivity index (χ4v) is 2.27. The smallest absolute Gasteiger partial charge is 0.131 e. The zero-order chi connectivity index (χ0) is 14.3. The van der Waals surface area contributed by atoms with Gasteiger partial charge in [0, 0.05) is 24.3 Å². The molecule has 1 aromatic rings. The zero-order valence-electron chi connectivity index (χ0n) is 12.3. The Morgan fingerprint density at radius 3 is 2.21 bits per heavy atom. The molecule has 1 N–H and O–H groups in total. The molecule has 0 aliphatic carbocycles. The summed E-state index contributed by atoms with van der Waals surface area (Å²) in [5, 5.41) is 9.82. The van der Waals surface area contributed by atoms with Gasteiger partial charge in [-0.15, -0.1) is 0 Å². The van der Waals surface area contributed by atoms with Gasteiger partial charge in [0.2, 0.25) is 0 Å². The third kappa shape index (κ3) is 4.50. The highest BCUT2D eigenvalue weighted by atomic mass is 19.1. The van der Waals surface area contributed by atoms with Gasteiger partial charge in [0.1, 0.15) is 5.82 Å². The molecule has 0 bridgehead atoms. The fraction of sp³-hybridized carbons (Fsp3) is 0.625. The standard InChI is InChI=1S/C16H26FNO/c1-4-6-11-18(12-7-5-2)15-10-8-9-14(17)16(15)13(3)19/h8-10,13,19H,4-7,11-12H2,1-3H3/t13-/m1/s1. The van der Waals surface area contributed by atoms with E-state index in [-0.39, 0.29) is 5.82 Å². The van der Waals surface area contributed by atoms with E-state index < -0.39 is 6.10 Å². The number of aliphatic hydroxyl groups excluding tert-OH is 1. The summed E-state index contributed by atoms with van der Waals surface area (Å²) in [5.74, 6) is -0.314. The molecule has 1 rings (SSSR count). The predicted octanol–water partition coefficient (Wildman–Crippen LogP) is 4.29. The van der Waals surface area contributed by atoms with Crippen LogP contribution in [0.4, 0.5) is 10.1 Å². The highest BCUT2D eigenvalue weighted by Gasteiger charge is 2.17. The lowest BCUT2D eigenvalue weighted by Gasteiger charge is -2.28. The van der Waals surface area contributed by atoms with Gasteiger partial charge in [0.05, 0.1) is 6.10 Å². The summed E-state index contributed by atoms with van der Waals surface area (Å²) >= 11 is 0. The maximum Gasteiger partial charge on any atom is 0.131 e. The van der Waals surface area contributed by atoms with Gasteiger partial charge < -0.3 is 10.0 Å². The third-order valence-corrected chi connectivity index (χ3v) is 3.35. The van der Waals surface area contributed by atoms with E-state index in [4.69, 9.17) is 0 Å². The predicted molar refractivity (Wildman–Crippen MR) is 79.1 cm³/mol. The largest absolute Gasteiger partial charge is 0.389 e. The lowest BCUT2D eigenvalue weighted by atomic mass is 10.1. The maximum atomic E-state index is 13.9. The van der Waals surface area contributed by atoms with Crippen molar-refractivity contribution in [3.63, 3.8) is 0 Å². The van der Waals surface area contributed by atoms with Crippen LogP contribution in [-0.2, 0) is 0 Å². The number of aliphatic hydroxyl groups is 1. The summed E-state index contributed by atoms with van der Waals surface area (Å²) in [4.78, 5) is 2.21. The third-order valence-electron chi connectivity index (χ3n) is 3.35. The van der Waals surface area contributed by atoms with E-state index in [0.29, 0.717) is 5.56 Å². The molecule has 0 aliphatic rings. The molecule has 0 heterocycles. The summed E-state index contributed by atoms with van der Waals surface area (Å²) in [6.07, 6.45) is 3.62. The van der Waals surface area contributed by atoms with E-state index >= 15 is 0 Å². The number of unbranched alkanes of at least 4 members (excludes halogenated alkanes) is 2. The van der Waals surface area contributed by atoms with Crippen LogP contribution in [0.3, 0.4) is 0 Å². The summed E-state index contributed by atoms with van der Waals surface area (Å²) in [7, 11) is 0. The van der Waals surface area contributed by atoms with Crippen LogP contribution in [-0.4, -0.2) is 18.2 Å². The first-order valence-corrected chi connectivity index (χ1v) is 7.33. The number of nitrogens with zero attached hydrogens (tertiary/aromatic N) is 1. The molecule has 0 amide bonds. The van der Waals surface area contributed by atoms with Gasteiger partial charge in [-0.05, 0) is 31.9 Å². The second kappa shape index (κ2) is 8.16. The van der Waals surface area contributed by atoms with Crippen LogP contribution in [0, 0.1) is 5.82 Å². The van der Waals surface area contributed by atoms with Crippen molar-refractivity contribution in [1.29, 1.82) is 0 Å². The van der Waals surface area contributed by atoms with Crippen molar-refractivity contribution in [2.24, 2.45) is 0 Å². The quantitative estimate of drug-likeness (QED) is 0.759. The Morgan fingerprint density at radius 2 is 1.74 bits per heavy atom. The normalized spacial score (nSPS) is 12.5. The van der Waals surface area contributed by atoms with Crippen molar-refractivity contribution >= 4 is 5.69 Å². The number of benzene rings is 1. The average Bonchev–Trinajstić information content (AvgIpc) is 2.38. The number of anilines is 1. The molecule has 0 aliphatic heterocycles. The molecule has 3 heteroatoms. The molecule has 0 fully saturated rings. The Labute approximate surface area is 116 Å². The number of halogens is 1. The lowest BCUT2D eigenvalue weighted by molar-refractivity contribution is 0.194. The summed E-state index contributed by atoms with van der Waals surface area (Å²) < 4.78 is 13.9. The Bertz CT molecular complexity index is 371. The van der Waals surface area contributed by atoms with Crippen molar-refractivity contribution in [3.05, 3.63) is 29.6 Å². The minimum Gasteiger partial charge on any atom is -0.389 e. The minimum atomic E-state index is -0.776. The van der Waals surface area contributed by atoms with E-state index in [9.17, 15) is 9.50 Å². The Hall–Kier alpha value is -1.09. The molecule has 0 spiro atoms. The Kier molecular flexibility index (Phi) is 6.85. The molecular weight excluding hydrogens is 241 g/mol. The van der Waals surface area contributed by atoms with Crippen molar-refractivity contribution in [1.82, 2.24) is 0 Å². The molecule has 0 saturated carbocycles. The first-order valence-electron chi connectivity index (χ1n) is 7.33. The van der Waals surface area contributed by atoms with E-state index in [2.05, 4.69) is 18.7 Å². The number of hydrogen-bond donors (Lipinski definition) is 1. The van der Waals surface area contributed by atoms with Gasteiger partial charge >= 0.3 is 0 Å². The fourth-order valence-electron chi connectivity index (χ4n) is 2.27. The van der Waals surface area contributed by atoms with Gasteiger partial charge in [0.15, 0.2) is 0 Å². The number of rotatable bonds is 8. The summed E-state index contributed by atoms with van der Waals surface area (Å²) in [5.41, 5.74) is 1.27. The van der Waals surface area contributed by atoms with Crippen molar-refractivity contribution < 1.29 is 9.50 Å². The first-order chi connectivity index (χ1) is 9.11. The lowest BCUT2D eigenvalue weighted by Crippen LogP contribution is -2.27. The van der Waals surface area contributed by atoms with Gasteiger partial charge in [0.25, 0.3) is 0 Å². The van der Waals surface area contributed by atoms with Crippen LogP contribution in [0.5, 0.6) is 0 Å². The Morgan fingerprint density at radius 1 is 1.16 bits per heavy atom. The van der Waals surface area contributed by atoms with Gasteiger partial charge in [-0.25, -0.2) is 4.39 Å². The molecule has 0 saturated heterocycles. The molecule has 0 unspecified atom stereocenters. The second-order valence-corrected chi connectivity index (χ2v) is 5.04. The monoisotopic (exact) mass is 267 g/mol. The average molecular weight is 267 g/mol. The SMILES string of the molecule is CCCCN(CCCC)c1cccc(F)c1[C@@H](C)O. The van der Waals surface area contributed by atoms with Crippen LogP contribution in [0.1, 0.15) is 58.1 Å². The van der Waals surface area contributed by atoms with Crippen LogP contribution < -0.4 is 4.90 Å². The first kappa shape index (κ1) is 16.0. The van der Waals surface area contributed by atoms with E-state index in [1.165, 1.54) is 6.07 Å². The van der Waals surface area contributed by atoms with Crippen LogP contribution in [0.2, 0.25) is 0 Å².